The molecule has 0 aromatic heterocycles. The SMILES string of the molecule is CC(=O)N[C@H](Cc1ccc(F)c(F)c1)C(=O)NC1CCN(S(=O)(=O)c2ccc(F)cc2)CC1. The second-order valence-electron chi connectivity index (χ2n) is 7.85. The van der Waals surface area contributed by atoms with Gasteiger partial charge in [0.2, 0.25) is 21.8 Å². The van der Waals surface area contributed by atoms with Crippen molar-refractivity contribution < 1.29 is 31.2 Å². The molecule has 1 fully saturated rings. The second kappa shape index (κ2) is 10.3. The van der Waals surface area contributed by atoms with E-state index in [-0.39, 0.29) is 30.4 Å². The molecule has 2 aromatic rings. The van der Waals surface area contributed by atoms with Gasteiger partial charge < -0.3 is 10.6 Å². The maximum atomic E-state index is 13.5. The first kappa shape index (κ1) is 24.7. The lowest BCUT2D eigenvalue weighted by Crippen LogP contribution is -2.53. The summed E-state index contributed by atoms with van der Waals surface area (Å²) in [4.78, 5) is 24.3. The largest absolute Gasteiger partial charge is 0.351 e. The molecule has 0 unspecified atom stereocenters. The summed E-state index contributed by atoms with van der Waals surface area (Å²) in [5.74, 6) is -3.56. The number of rotatable bonds is 7. The molecule has 1 saturated heterocycles. The van der Waals surface area contributed by atoms with Crippen LogP contribution in [0.15, 0.2) is 47.4 Å². The van der Waals surface area contributed by atoms with E-state index in [1.807, 2.05) is 0 Å². The van der Waals surface area contributed by atoms with E-state index >= 15 is 0 Å². The normalized spacial score (nSPS) is 16.2. The van der Waals surface area contributed by atoms with Crippen LogP contribution < -0.4 is 10.6 Å². The summed E-state index contributed by atoms with van der Waals surface area (Å²) >= 11 is 0. The third kappa shape index (κ3) is 6.32. The minimum atomic E-state index is -3.78. The Balaban J connectivity index is 1.61. The molecular weight excluding hydrogens is 459 g/mol. The van der Waals surface area contributed by atoms with Crippen LogP contribution in [0.3, 0.4) is 0 Å². The highest BCUT2D eigenvalue weighted by atomic mass is 32.2. The number of sulfonamides is 1. The Bertz CT molecular complexity index is 1120. The zero-order valence-electron chi connectivity index (χ0n) is 17.9. The van der Waals surface area contributed by atoms with Crippen LogP contribution in [-0.4, -0.2) is 49.7 Å². The van der Waals surface area contributed by atoms with Gasteiger partial charge in [-0.25, -0.2) is 21.6 Å². The van der Waals surface area contributed by atoms with Crippen molar-refractivity contribution in [2.24, 2.45) is 0 Å². The molecule has 1 aliphatic rings. The molecular formula is C22H24F3N3O4S. The Morgan fingerprint density at radius 1 is 1.03 bits per heavy atom. The summed E-state index contributed by atoms with van der Waals surface area (Å²) in [5, 5.41) is 5.30. The third-order valence-corrected chi connectivity index (χ3v) is 7.28. The fourth-order valence-corrected chi connectivity index (χ4v) is 5.12. The average Bonchev–Trinajstić information content (AvgIpc) is 2.76. The molecule has 1 aliphatic heterocycles. The standard InChI is InChI=1S/C22H24F3N3O4S/c1-14(29)26-21(13-15-2-7-19(24)20(25)12-15)22(30)27-17-8-10-28(11-9-17)33(31,32)18-5-3-16(23)4-6-18/h2-7,12,17,21H,8-11,13H2,1H3,(H,26,29)(H,27,30)/t21-/m1/s1. The summed E-state index contributed by atoms with van der Waals surface area (Å²) in [6.45, 7) is 1.54. The molecule has 2 N–H and O–H groups in total. The molecule has 2 amide bonds. The van der Waals surface area contributed by atoms with E-state index in [1.54, 1.807) is 0 Å². The predicted molar refractivity (Wildman–Crippen MR) is 114 cm³/mol. The molecule has 178 valence electrons. The Labute approximate surface area is 190 Å². The number of piperidine rings is 1. The number of carbonyl (C=O) groups is 2. The number of nitrogens with one attached hydrogen (secondary N) is 2. The first-order chi connectivity index (χ1) is 15.6. The van der Waals surface area contributed by atoms with Gasteiger partial charge in [0.05, 0.1) is 4.90 Å². The summed E-state index contributed by atoms with van der Waals surface area (Å²) < 4.78 is 66.5. The minimum Gasteiger partial charge on any atom is -0.351 e. The highest BCUT2D eigenvalue weighted by Crippen LogP contribution is 2.21. The fraction of sp³-hybridized carbons (Fsp3) is 0.364. The van der Waals surface area contributed by atoms with Crippen molar-refractivity contribution in [2.75, 3.05) is 13.1 Å². The van der Waals surface area contributed by atoms with Crippen LogP contribution in [-0.2, 0) is 26.0 Å². The number of nitrogens with zero attached hydrogens (tertiary/aromatic N) is 1. The molecule has 1 heterocycles. The van der Waals surface area contributed by atoms with Gasteiger partial charge in [0.25, 0.3) is 0 Å². The van der Waals surface area contributed by atoms with E-state index < -0.39 is 45.3 Å². The van der Waals surface area contributed by atoms with Crippen molar-refractivity contribution in [2.45, 2.75) is 43.2 Å². The average molecular weight is 484 g/mol. The van der Waals surface area contributed by atoms with E-state index in [0.717, 1.165) is 24.3 Å². The number of hydrogen-bond acceptors (Lipinski definition) is 4. The van der Waals surface area contributed by atoms with Crippen molar-refractivity contribution in [3.05, 3.63) is 65.5 Å². The smallest absolute Gasteiger partial charge is 0.243 e. The summed E-state index contributed by atoms with van der Waals surface area (Å²) in [7, 11) is -3.78. The Kier molecular flexibility index (Phi) is 7.75. The van der Waals surface area contributed by atoms with Gasteiger partial charge in [-0.3, -0.25) is 9.59 Å². The highest BCUT2D eigenvalue weighted by Gasteiger charge is 2.31. The number of carbonyl (C=O) groups excluding carboxylic acids is 2. The van der Waals surface area contributed by atoms with E-state index in [0.29, 0.717) is 18.4 Å². The molecule has 33 heavy (non-hydrogen) atoms. The van der Waals surface area contributed by atoms with Crippen LogP contribution >= 0.6 is 0 Å². The Hall–Kier alpha value is -2.92. The maximum Gasteiger partial charge on any atom is 0.243 e. The van der Waals surface area contributed by atoms with E-state index in [1.165, 1.54) is 29.4 Å². The van der Waals surface area contributed by atoms with Crippen molar-refractivity contribution in [3.63, 3.8) is 0 Å². The number of amides is 2. The lowest BCUT2D eigenvalue weighted by Gasteiger charge is -2.32. The van der Waals surface area contributed by atoms with Crippen molar-refractivity contribution in [1.29, 1.82) is 0 Å². The monoisotopic (exact) mass is 483 g/mol. The van der Waals surface area contributed by atoms with Gasteiger partial charge in [-0.1, -0.05) is 6.07 Å². The van der Waals surface area contributed by atoms with Gasteiger partial charge in [-0.15, -0.1) is 0 Å². The van der Waals surface area contributed by atoms with Crippen LogP contribution in [0.5, 0.6) is 0 Å². The predicted octanol–water partition coefficient (Wildman–Crippen LogP) is 2.12. The first-order valence-electron chi connectivity index (χ1n) is 10.3. The van der Waals surface area contributed by atoms with Crippen LogP contribution in [0.1, 0.15) is 25.3 Å². The van der Waals surface area contributed by atoms with Gasteiger partial charge in [0.15, 0.2) is 11.6 Å². The third-order valence-electron chi connectivity index (χ3n) is 5.37. The van der Waals surface area contributed by atoms with Crippen molar-refractivity contribution in [3.8, 4) is 0 Å². The van der Waals surface area contributed by atoms with Crippen molar-refractivity contribution >= 4 is 21.8 Å². The second-order valence-corrected chi connectivity index (χ2v) is 9.78. The quantitative estimate of drug-likeness (QED) is 0.631. The Morgan fingerprint density at radius 3 is 2.24 bits per heavy atom. The molecule has 0 aliphatic carbocycles. The van der Waals surface area contributed by atoms with Gasteiger partial charge in [0, 0.05) is 32.5 Å². The zero-order chi connectivity index (χ0) is 24.2. The topological polar surface area (TPSA) is 95.6 Å². The summed E-state index contributed by atoms with van der Waals surface area (Å²) in [6.07, 6.45) is 0.634. The number of benzene rings is 2. The molecule has 0 spiro atoms. The van der Waals surface area contributed by atoms with Crippen LogP contribution in [0.4, 0.5) is 13.2 Å². The molecule has 0 bridgehead atoms. The molecule has 0 radical (unpaired) electrons. The first-order valence-corrected chi connectivity index (χ1v) is 11.8. The molecule has 2 aromatic carbocycles. The number of hydrogen-bond donors (Lipinski definition) is 2. The lowest BCUT2D eigenvalue weighted by molar-refractivity contribution is -0.128. The maximum absolute atomic E-state index is 13.5. The van der Waals surface area contributed by atoms with Crippen LogP contribution in [0, 0.1) is 17.5 Å². The van der Waals surface area contributed by atoms with E-state index in [9.17, 15) is 31.2 Å². The zero-order valence-corrected chi connectivity index (χ0v) is 18.7. The van der Waals surface area contributed by atoms with Gasteiger partial charge in [0.1, 0.15) is 11.9 Å². The van der Waals surface area contributed by atoms with Gasteiger partial charge >= 0.3 is 0 Å². The molecule has 7 nitrogen and oxygen atoms in total. The lowest BCUT2D eigenvalue weighted by atomic mass is 10.0. The van der Waals surface area contributed by atoms with E-state index in [4.69, 9.17) is 0 Å². The molecule has 11 heteroatoms. The summed E-state index contributed by atoms with van der Waals surface area (Å²) in [6, 6.07) is 6.47. The fourth-order valence-electron chi connectivity index (χ4n) is 3.65. The van der Waals surface area contributed by atoms with Gasteiger partial charge in [-0.2, -0.15) is 4.31 Å². The minimum absolute atomic E-state index is 0.0105. The van der Waals surface area contributed by atoms with Gasteiger partial charge in [-0.05, 0) is 54.8 Å². The van der Waals surface area contributed by atoms with Crippen LogP contribution in [0.2, 0.25) is 0 Å². The van der Waals surface area contributed by atoms with Crippen molar-refractivity contribution in [1.82, 2.24) is 14.9 Å². The summed E-state index contributed by atoms with van der Waals surface area (Å²) in [5.41, 5.74) is 0.336. The van der Waals surface area contributed by atoms with E-state index in [2.05, 4.69) is 10.6 Å². The number of halogens is 3. The molecule has 0 saturated carbocycles. The Morgan fingerprint density at radius 2 is 1.67 bits per heavy atom. The molecule has 1 atom stereocenters. The highest BCUT2D eigenvalue weighted by molar-refractivity contribution is 7.89. The molecule has 3 rings (SSSR count). The van der Waals surface area contributed by atoms with Crippen LogP contribution in [0.25, 0.3) is 0 Å².